The molecule has 0 atom stereocenters. The lowest BCUT2D eigenvalue weighted by Crippen LogP contribution is -2.56. The van der Waals surface area contributed by atoms with Crippen LogP contribution >= 0.6 is 0 Å². The van der Waals surface area contributed by atoms with Gasteiger partial charge in [-0.2, -0.15) is 13.2 Å². The molecule has 0 saturated carbocycles. The zero-order valence-corrected chi connectivity index (χ0v) is 16.1. The lowest BCUT2D eigenvalue weighted by molar-refractivity contribution is -0.138. The van der Waals surface area contributed by atoms with Crippen molar-refractivity contribution >= 4 is 5.91 Å². The lowest BCUT2D eigenvalue weighted by Gasteiger charge is -2.40. The first kappa shape index (κ1) is 21.7. The molecule has 1 aromatic carbocycles. The van der Waals surface area contributed by atoms with Crippen LogP contribution in [0, 0.1) is 0 Å². The van der Waals surface area contributed by atoms with Gasteiger partial charge in [0, 0.05) is 31.7 Å². The van der Waals surface area contributed by atoms with Crippen molar-refractivity contribution in [3.05, 3.63) is 35.4 Å². The fraction of sp³-hybridized carbons (Fsp3) is 0.632. The number of nitrogens with one attached hydrogen (secondary N) is 1. The van der Waals surface area contributed by atoms with Crippen LogP contribution in [-0.2, 0) is 22.3 Å². The largest absolute Gasteiger partial charge is 0.416 e. The maximum Gasteiger partial charge on any atom is 0.416 e. The molecule has 1 aromatic rings. The lowest BCUT2D eigenvalue weighted by atomic mass is 10.0. The zero-order valence-electron chi connectivity index (χ0n) is 16.1. The van der Waals surface area contributed by atoms with Crippen molar-refractivity contribution < 1.29 is 22.7 Å². The average Bonchev–Trinajstić information content (AvgIpc) is 2.60. The Hall–Kier alpha value is -1.64. The molecule has 1 fully saturated rings. The number of halogens is 3. The molecular weight excluding hydrogens is 359 g/mol. The molecule has 1 amide bonds. The summed E-state index contributed by atoms with van der Waals surface area (Å²) >= 11 is 0. The van der Waals surface area contributed by atoms with Crippen LogP contribution in [-0.4, -0.2) is 67.7 Å². The number of morpholine rings is 1. The number of likely N-dealkylation sites (N-methyl/N-ethyl adjacent to an activating group) is 1. The van der Waals surface area contributed by atoms with Gasteiger partial charge in [0.15, 0.2) is 0 Å². The third kappa shape index (κ3) is 6.48. The van der Waals surface area contributed by atoms with Gasteiger partial charge in [0.05, 0.1) is 25.3 Å². The van der Waals surface area contributed by atoms with Gasteiger partial charge in [0.2, 0.25) is 5.91 Å². The molecule has 2 rings (SSSR count). The highest BCUT2D eigenvalue weighted by molar-refractivity contribution is 5.78. The number of rotatable bonds is 7. The Kier molecular flexibility index (Phi) is 7.25. The van der Waals surface area contributed by atoms with Gasteiger partial charge in [-0.05, 0) is 32.5 Å². The monoisotopic (exact) mass is 387 g/mol. The number of carbonyl (C=O) groups is 1. The second-order valence-corrected chi connectivity index (χ2v) is 7.52. The van der Waals surface area contributed by atoms with E-state index in [2.05, 4.69) is 24.1 Å². The van der Waals surface area contributed by atoms with Crippen molar-refractivity contribution in [2.45, 2.75) is 32.1 Å². The van der Waals surface area contributed by atoms with Gasteiger partial charge in [-0.1, -0.05) is 18.2 Å². The second-order valence-electron chi connectivity index (χ2n) is 7.52. The number of alkyl halides is 3. The molecule has 152 valence electrons. The summed E-state index contributed by atoms with van der Waals surface area (Å²) in [6, 6.07) is 5.45. The van der Waals surface area contributed by atoms with E-state index in [4.69, 9.17) is 4.74 Å². The summed E-state index contributed by atoms with van der Waals surface area (Å²) in [7, 11) is 1.64. The Labute approximate surface area is 158 Å². The highest BCUT2D eigenvalue weighted by atomic mass is 19.4. The van der Waals surface area contributed by atoms with E-state index in [1.165, 1.54) is 12.1 Å². The van der Waals surface area contributed by atoms with Crippen molar-refractivity contribution in [1.29, 1.82) is 0 Å². The van der Waals surface area contributed by atoms with Gasteiger partial charge in [0.1, 0.15) is 0 Å². The van der Waals surface area contributed by atoms with Gasteiger partial charge < -0.3 is 10.1 Å². The van der Waals surface area contributed by atoms with Crippen molar-refractivity contribution in [2.75, 3.05) is 46.4 Å². The van der Waals surface area contributed by atoms with Gasteiger partial charge >= 0.3 is 6.18 Å². The molecule has 0 aliphatic carbocycles. The molecule has 0 aromatic heterocycles. The van der Waals surface area contributed by atoms with E-state index < -0.39 is 11.7 Å². The predicted octanol–water partition coefficient (Wildman–Crippen LogP) is 2.36. The molecule has 0 spiro atoms. The summed E-state index contributed by atoms with van der Waals surface area (Å²) in [5, 5.41) is 2.90. The summed E-state index contributed by atoms with van der Waals surface area (Å²) < 4.78 is 44.6. The molecule has 0 radical (unpaired) electrons. The van der Waals surface area contributed by atoms with E-state index in [1.54, 1.807) is 18.0 Å². The Morgan fingerprint density at radius 1 is 1.22 bits per heavy atom. The van der Waals surface area contributed by atoms with Crippen LogP contribution in [0.4, 0.5) is 13.2 Å². The third-order valence-electron chi connectivity index (χ3n) is 4.76. The molecule has 1 aliphatic rings. The Morgan fingerprint density at radius 2 is 1.85 bits per heavy atom. The zero-order chi connectivity index (χ0) is 20.1. The predicted molar refractivity (Wildman–Crippen MR) is 97.3 cm³/mol. The van der Waals surface area contributed by atoms with Gasteiger partial charge in [-0.3, -0.25) is 14.6 Å². The van der Waals surface area contributed by atoms with Crippen molar-refractivity contribution in [2.24, 2.45) is 0 Å². The quantitative estimate of drug-likeness (QED) is 0.780. The Morgan fingerprint density at radius 3 is 2.48 bits per heavy atom. The minimum absolute atomic E-state index is 0.0331. The highest BCUT2D eigenvalue weighted by Gasteiger charge is 2.33. The van der Waals surface area contributed by atoms with E-state index in [1.807, 2.05) is 0 Å². The molecule has 1 N–H and O–H groups in total. The van der Waals surface area contributed by atoms with E-state index in [0.29, 0.717) is 19.8 Å². The first-order valence-corrected chi connectivity index (χ1v) is 9.03. The fourth-order valence-corrected chi connectivity index (χ4v) is 3.18. The summed E-state index contributed by atoms with van der Waals surface area (Å²) in [4.78, 5) is 16.1. The summed E-state index contributed by atoms with van der Waals surface area (Å²) in [6.45, 7) is 7.66. The molecular formula is C19H28F3N3O2. The van der Waals surface area contributed by atoms with Gasteiger partial charge in [-0.25, -0.2) is 0 Å². The van der Waals surface area contributed by atoms with E-state index >= 15 is 0 Å². The summed E-state index contributed by atoms with van der Waals surface area (Å²) in [6.07, 6.45) is -4.40. The van der Waals surface area contributed by atoms with Crippen LogP contribution < -0.4 is 5.32 Å². The number of amides is 1. The molecule has 0 bridgehead atoms. The van der Waals surface area contributed by atoms with Crippen molar-refractivity contribution in [3.63, 3.8) is 0 Å². The number of ether oxygens (including phenoxy) is 1. The van der Waals surface area contributed by atoms with Crippen LogP contribution in [0.15, 0.2) is 24.3 Å². The molecule has 5 nitrogen and oxygen atoms in total. The van der Waals surface area contributed by atoms with Crippen LogP contribution in [0.25, 0.3) is 0 Å². The van der Waals surface area contributed by atoms with Crippen LogP contribution in [0.1, 0.15) is 25.0 Å². The number of carbonyl (C=O) groups excluding carboxylic acids is 1. The summed E-state index contributed by atoms with van der Waals surface area (Å²) in [5.41, 5.74) is -0.708. The molecule has 1 saturated heterocycles. The molecule has 8 heteroatoms. The van der Waals surface area contributed by atoms with Crippen molar-refractivity contribution in [1.82, 2.24) is 15.1 Å². The minimum atomic E-state index is -4.40. The van der Waals surface area contributed by atoms with Crippen LogP contribution in [0.5, 0.6) is 0 Å². The third-order valence-corrected chi connectivity index (χ3v) is 4.76. The Bertz CT molecular complexity index is 629. The van der Waals surface area contributed by atoms with E-state index in [9.17, 15) is 18.0 Å². The SMILES string of the molecule is CN(CC(=O)NCC(C)(C)N1CCOCC1)Cc1ccccc1C(F)(F)F. The van der Waals surface area contributed by atoms with Crippen LogP contribution in [0.2, 0.25) is 0 Å². The first-order valence-electron chi connectivity index (χ1n) is 9.03. The van der Waals surface area contributed by atoms with Crippen LogP contribution in [0.3, 0.4) is 0 Å². The fourth-order valence-electron chi connectivity index (χ4n) is 3.18. The number of hydrogen-bond donors (Lipinski definition) is 1. The van der Waals surface area contributed by atoms with Crippen molar-refractivity contribution in [3.8, 4) is 0 Å². The number of nitrogens with zero attached hydrogens (tertiary/aromatic N) is 2. The van der Waals surface area contributed by atoms with Gasteiger partial charge in [0.25, 0.3) is 0 Å². The first-order chi connectivity index (χ1) is 12.6. The normalized spacial score (nSPS) is 16.6. The maximum absolute atomic E-state index is 13.1. The molecule has 0 unspecified atom stereocenters. The Balaban J connectivity index is 1.85. The minimum Gasteiger partial charge on any atom is -0.379 e. The van der Waals surface area contributed by atoms with Gasteiger partial charge in [-0.15, -0.1) is 0 Å². The summed E-state index contributed by atoms with van der Waals surface area (Å²) in [5.74, 6) is -0.205. The number of benzene rings is 1. The molecule has 1 aliphatic heterocycles. The smallest absolute Gasteiger partial charge is 0.379 e. The highest BCUT2D eigenvalue weighted by Crippen LogP contribution is 2.32. The van der Waals surface area contributed by atoms with E-state index in [0.717, 1.165) is 19.2 Å². The topological polar surface area (TPSA) is 44.8 Å². The maximum atomic E-state index is 13.1. The number of hydrogen-bond acceptors (Lipinski definition) is 4. The average molecular weight is 387 g/mol. The molecule has 1 heterocycles. The standard InChI is InChI=1S/C19H28F3N3O2/c1-18(2,25-8-10-27-11-9-25)14-23-17(26)13-24(3)12-15-6-4-5-7-16(15)19(20,21)22/h4-7H,8-14H2,1-3H3,(H,23,26). The second kappa shape index (κ2) is 9.03. The molecule has 27 heavy (non-hydrogen) atoms. The van der Waals surface area contributed by atoms with E-state index in [-0.39, 0.29) is 30.1 Å².